The molecule has 0 radical (unpaired) electrons. The number of amides is 1. The van der Waals surface area contributed by atoms with Crippen LogP contribution in [0.4, 0.5) is 5.69 Å². The fraction of sp³-hybridized carbons (Fsp3) is 0.133. The fourth-order valence-electron chi connectivity index (χ4n) is 1.63. The Morgan fingerprint density at radius 2 is 1.95 bits per heavy atom. The molecule has 0 fully saturated rings. The molecule has 5 heteroatoms. The zero-order valence-electron chi connectivity index (χ0n) is 10.8. The zero-order chi connectivity index (χ0) is 14.5. The van der Waals surface area contributed by atoms with Gasteiger partial charge in [0.25, 0.3) is 5.91 Å². The molecule has 0 atom stereocenters. The molecule has 1 N–H and O–H groups in total. The number of carbonyl (C=O) groups is 1. The van der Waals surface area contributed by atoms with Gasteiger partial charge in [-0.15, -0.1) is 0 Å². The van der Waals surface area contributed by atoms with E-state index in [1.807, 2.05) is 31.2 Å². The van der Waals surface area contributed by atoms with E-state index in [9.17, 15) is 4.79 Å². The van der Waals surface area contributed by atoms with Crippen LogP contribution in [0, 0.1) is 6.92 Å². The summed E-state index contributed by atoms with van der Waals surface area (Å²) in [7, 11) is 0. The molecule has 0 aliphatic carbocycles. The van der Waals surface area contributed by atoms with Gasteiger partial charge in [-0.1, -0.05) is 41.4 Å². The molecule has 1 amide bonds. The van der Waals surface area contributed by atoms with E-state index >= 15 is 0 Å². The van der Waals surface area contributed by atoms with E-state index in [0.717, 1.165) is 11.3 Å². The highest BCUT2D eigenvalue weighted by Crippen LogP contribution is 2.27. The number of hydrogen-bond donors (Lipinski definition) is 1. The van der Waals surface area contributed by atoms with Crippen LogP contribution >= 0.6 is 23.2 Å². The lowest BCUT2D eigenvalue weighted by atomic mass is 10.2. The summed E-state index contributed by atoms with van der Waals surface area (Å²) in [5.41, 5.74) is 1.75. The van der Waals surface area contributed by atoms with Crippen molar-refractivity contribution in [2.75, 3.05) is 11.9 Å². The molecule has 0 spiro atoms. The van der Waals surface area contributed by atoms with E-state index in [-0.39, 0.29) is 12.5 Å². The second-order valence-corrected chi connectivity index (χ2v) is 5.07. The first-order chi connectivity index (χ1) is 9.56. The molecule has 104 valence electrons. The minimum Gasteiger partial charge on any atom is -0.482 e. The van der Waals surface area contributed by atoms with Gasteiger partial charge in [-0.3, -0.25) is 4.79 Å². The molecule has 2 aromatic rings. The van der Waals surface area contributed by atoms with Crippen LogP contribution in [0.25, 0.3) is 0 Å². The standard InChI is InChI=1S/C15H13Cl2NO2/c1-10-4-2-3-5-13(10)18-15(19)9-20-14-8-11(16)6-7-12(14)17/h2-8H,9H2,1H3,(H,18,19). The normalized spacial score (nSPS) is 10.2. The van der Waals surface area contributed by atoms with Gasteiger partial charge < -0.3 is 10.1 Å². The fourth-order valence-corrected chi connectivity index (χ4v) is 1.96. The molecule has 3 nitrogen and oxygen atoms in total. The number of carbonyl (C=O) groups excluding carboxylic acids is 1. The van der Waals surface area contributed by atoms with Crippen molar-refractivity contribution in [3.63, 3.8) is 0 Å². The van der Waals surface area contributed by atoms with E-state index < -0.39 is 0 Å². The lowest BCUT2D eigenvalue weighted by molar-refractivity contribution is -0.118. The molecule has 0 aliphatic rings. The van der Waals surface area contributed by atoms with Crippen LogP contribution in [-0.2, 0) is 4.79 Å². The van der Waals surface area contributed by atoms with Gasteiger partial charge in [-0.25, -0.2) is 0 Å². The Bertz CT molecular complexity index is 629. The largest absolute Gasteiger partial charge is 0.482 e. The predicted octanol–water partition coefficient (Wildman–Crippen LogP) is 4.32. The van der Waals surface area contributed by atoms with Crippen LogP contribution in [0.1, 0.15) is 5.56 Å². The Labute approximate surface area is 127 Å². The van der Waals surface area contributed by atoms with Crippen molar-refractivity contribution in [3.8, 4) is 5.75 Å². The topological polar surface area (TPSA) is 38.3 Å². The summed E-state index contributed by atoms with van der Waals surface area (Å²) in [4.78, 5) is 11.8. The Balaban J connectivity index is 1.96. The van der Waals surface area contributed by atoms with Gasteiger partial charge in [0.1, 0.15) is 5.75 Å². The van der Waals surface area contributed by atoms with Crippen molar-refractivity contribution in [3.05, 3.63) is 58.1 Å². The smallest absolute Gasteiger partial charge is 0.262 e. The first-order valence-corrected chi connectivity index (χ1v) is 6.75. The summed E-state index contributed by atoms with van der Waals surface area (Å²) >= 11 is 11.8. The van der Waals surface area contributed by atoms with E-state index in [4.69, 9.17) is 27.9 Å². The van der Waals surface area contributed by atoms with Crippen molar-refractivity contribution in [1.82, 2.24) is 0 Å². The van der Waals surface area contributed by atoms with E-state index in [2.05, 4.69) is 5.32 Å². The first kappa shape index (κ1) is 14.7. The lowest BCUT2D eigenvalue weighted by Crippen LogP contribution is -2.20. The van der Waals surface area contributed by atoms with Crippen LogP contribution < -0.4 is 10.1 Å². The van der Waals surface area contributed by atoms with Crippen LogP contribution in [0.3, 0.4) is 0 Å². The van der Waals surface area contributed by atoms with Crippen LogP contribution in [-0.4, -0.2) is 12.5 Å². The third-order valence-electron chi connectivity index (χ3n) is 2.67. The predicted molar refractivity (Wildman–Crippen MR) is 81.8 cm³/mol. The van der Waals surface area contributed by atoms with Crippen LogP contribution in [0.5, 0.6) is 5.75 Å². The summed E-state index contributed by atoms with van der Waals surface area (Å²) in [6, 6.07) is 12.4. The maximum atomic E-state index is 11.8. The Kier molecular flexibility index (Phi) is 4.88. The third kappa shape index (κ3) is 3.89. The number of para-hydroxylation sites is 1. The number of hydrogen-bond acceptors (Lipinski definition) is 2. The molecule has 0 unspecified atom stereocenters. The quantitative estimate of drug-likeness (QED) is 0.913. The van der Waals surface area contributed by atoms with Crippen molar-refractivity contribution >= 4 is 34.8 Å². The number of nitrogens with one attached hydrogen (secondary N) is 1. The molecule has 20 heavy (non-hydrogen) atoms. The second-order valence-electron chi connectivity index (χ2n) is 4.23. The molecule has 0 saturated carbocycles. The van der Waals surface area contributed by atoms with Gasteiger partial charge >= 0.3 is 0 Å². The number of ether oxygens (including phenoxy) is 1. The SMILES string of the molecule is Cc1ccccc1NC(=O)COc1cc(Cl)ccc1Cl. The molecule has 2 aromatic carbocycles. The van der Waals surface area contributed by atoms with Crippen molar-refractivity contribution < 1.29 is 9.53 Å². The number of anilines is 1. The average Bonchev–Trinajstić information content (AvgIpc) is 2.42. The Morgan fingerprint density at radius 3 is 2.70 bits per heavy atom. The molecule has 2 rings (SSSR count). The summed E-state index contributed by atoms with van der Waals surface area (Å²) in [5.74, 6) is 0.134. The molecule has 0 aliphatic heterocycles. The van der Waals surface area contributed by atoms with E-state index in [0.29, 0.717) is 15.8 Å². The number of aryl methyl sites for hydroxylation is 1. The van der Waals surface area contributed by atoms with Gasteiger partial charge in [0.2, 0.25) is 0 Å². The van der Waals surface area contributed by atoms with Gasteiger partial charge in [0.05, 0.1) is 5.02 Å². The van der Waals surface area contributed by atoms with Crippen molar-refractivity contribution in [2.24, 2.45) is 0 Å². The highest BCUT2D eigenvalue weighted by atomic mass is 35.5. The average molecular weight is 310 g/mol. The molecule has 0 bridgehead atoms. The molecule has 0 aromatic heterocycles. The molecular formula is C15H13Cl2NO2. The van der Waals surface area contributed by atoms with Crippen LogP contribution in [0.2, 0.25) is 10.0 Å². The van der Waals surface area contributed by atoms with E-state index in [1.54, 1.807) is 18.2 Å². The minimum atomic E-state index is -0.254. The second kappa shape index (κ2) is 6.64. The maximum absolute atomic E-state index is 11.8. The van der Waals surface area contributed by atoms with Gasteiger partial charge in [-0.05, 0) is 30.7 Å². The summed E-state index contributed by atoms with van der Waals surface area (Å²) in [5, 5.41) is 3.69. The molecular weight excluding hydrogens is 297 g/mol. The van der Waals surface area contributed by atoms with Gasteiger partial charge in [0, 0.05) is 16.8 Å². The summed E-state index contributed by atoms with van der Waals surface area (Å²) in [6.07, 6.45) is 0. The highest BCUT2D eigenvalue weighted by Gasteiger charge is 2.08. The minimum absolute atomic E-state index is 0.131. The number of halogens is 2. The van der Waals surface area contributed by atoms with Gasteiger partial charge in [-0.2, -0.15) is 0 Å². The lowest BCUT2D eigenvalue weighted by Gasteiger charge is -2.10. The summed E-state index contributed by atoms with van der Waals surface area (Å²) < 4.78 is 5.36. The van der Waals surface area contributed by atoms with Crippen molar-refractivity contribution in [1.29, 1.82) is 0 Å². The van der Waals surface area contributed by atoms with Crippen molar-refractivity contribution in [2.45, 2.75) is 6.92 Å². The summed E-state index contributed by atoms with van der Waals surface area (Å²) in [6.45, 7) is 1.79. The number of benzene rings is 2. The molecule has 0 saturated heterocycles. The Morgan fingerprint density at radius 1 is 1.20 bits per heavy atom. The zero-order valence-corrected chi connectivity index (χ0v) is 12.3. The van der Waals surface area contributed by atoms with Gasteiger partial charge in [0.15, 0.2) is 6.61 Å². The Hall–Kier alpha value is -1.71. The number of rotatable bonds is 4. The third-order valence-corrected chi connectivity index (χ3v) is 3.22. The first-order valence-electron chi connectivity index (χ1n) is 5.99. The maximum Gasteiger partial charge on any atom is 0.262 e. The van der Waals surface area contributed by atoms with E-state index in [1.165, 1.54) is 0 Å². The highest BCUT2D eigenvalue weighted by molar-refractivity contribution is 6.34. The monoisotopic (exact) mass is 309 g/mol. The van der Waals surface area contributed by atoms with Crippen LogP contribution in [0.15, 0.2) is 42.5 Å². The molecule has 0 heterocycles.